The average molecular weight is 346 g/mol. The fourth-order valence-corrected chi connectivity index (χ4v) is 4.34. The Kier molecular flexibility index (Phi) is 6.17. The highest BCUT2D eigenvalue weighted by Gasteiger charge is 2.15. The number of hydrogen-bond donors (Lipinski definition) is 1. The SMILES string of the molecule is NC(CSC1CCCCC1)Cc1ccc(F)cc1Br. The van der Waals surface area contributed by atoms with Gasteiger partial charge in [0.1, 0.15) is 5.82 Å². The molecule has 0 aliphatic heterocycles. The quantitative estimate of drug-likeness (QED) is 0.848. The molecule has 1 saturated carbocycles. The molecule has 4 heteroatoms. The largest absolute Gasteiger partial charge is 0.327 e. The van der Waals surface area contributed by atoms with Crippen molar-refractivity contribution in [2.24, 2.45) is 5.73 Å². The third-order valence-corrected chi connectivity index (χ3v) is 5.90. The number of thioether (sulfide) groups is 1. The number of rotatable bonds is 5. The van der Waals surface area contributed by atoms with E-state index in [0.29, 0.717) is 0 Å². The van der Waals surface area contributed by atoms with Gasteiger partial charge in [-0.05, 0) is 37.0 Å². The Morgan fingerprint density at radius 3 is 2.74 bits per heavy atom. The van der Waals surface area contributed by atoms with Crippen molar-refractivity contribution in [1.29, 1.82) is 0 Å². The first kappa shape index (κ1) is 15.3. The second kappa shape index (κ2) is 7.65. The van der Waals surface area contributed by atoms with Gasteiger partial charge in [0, 0.05) is 21.5 Å². The van der Waals surface area contributed by atoms with Crippen molar-refractivity contribution in [3.05, 3.63) is 34.1 Å². The maximum Gasteiger partial charge on any atom is 0.124 e. The van der Waals surface area contributed by atoms with E-state index in [1.807, 2.05) is 17.8 Å². The molecule has 0 saturated heterocycles. The second-order valence-corrected chi connectivity index (χ2v) is 7.48. The molecule has 0 radical (unpaired) electrons. The minimum atomic E-state index is -0.208. The zero-order chi connectivity index (χ0) is 13.7. The summed E-state index contributed by atoms with van der Waals surface area (Å²) in [5.74, 6) is 0.787. The van der Waals surface area contributed by atoms with Crippen LogP contribution in [0.2, 0.25) is 0 Å². The van der Waals surface area contributed by atoms with Gasteiger partial charge >= 0.3 is 0 Å². The summed E-state index contributed by atoms with van der Waals surface area (Å²) < 4.78 is 13.8. The lowest BCUT2D eigenvalue weighted by Crippen LogP contribution is -2.27. The Morgan fingerprint density at radius 1 is 1.32 bits per heavy atom. The van der Waals surface area contributed by atoms with Crippen LogP contribution in [0.25, 0.3) is 0 Å². The highest BCUT2D eigenvalue weighted by Crippen LogP contribution is 2.29. The van der Waals surface area contributed by atoms with Gasteiger partial charge in [-0.3, -0.25) is 0 Å². The Hall–Kier alpha value is -0.0600. The van der Waals surface area contributed by atoms with Gasteiger partial charge in [-0.1, -0.05) is 41.3 Å². The molecule has 19 heavy (non-hydrogen) atoms. The van der Waals surface area contributed by atoms with Gasteiger partial charge in [-0.2, -0.15) is 11.8 Å². The second-order valence-electron chi connectivity index (χ2n) is 5.29. The van der Waals surface area contributed by atoms with Gasteiger partial charge in [0.2, 0.25) is 0 Å². The van der Waals surface area contributed by atoms with Crippen LogP contribution in [0.4, 0.5) is 4.39 Å². The highest BCUT2D eigenvalue weighted by atomic mass is 79.9. The minimum Gasteiger partial charge on any atom is -0.327 e. The molecule has 1 atom stereocenters. The maximum atomic E-state index is 13.0. The summed E-state index contributed by atoms with van der Waals surface area (Å²) in [4.78, 5) is 0. The molecule has 1 unspecified atom stereocenters. The van der Waals surface area contributed by atoms with E-state index in [0.717, 1.165) is 27.5 Å². The minimum absolute atomic E-state index is 0.147. The fraction of sp³-hybridized carbons (Fsp3) is 0.600. The van der Waals surface area contributed by atoms with E-state index < -0.39 is 0 Å². The number of nitrogens with two attached hydrogens (primary N) is 1. The van der Waals surface area contributed by atoms with Crippen LogP contribution in [-0.4, -0.2) is 17.0 Å². The van der Waals surface area contributed by atoms with Crippen molar-refractivity contribution in [3.8, 4) is 0 Å². The monoisotopic (exact) mass is 345 g/mol. The predicted octanol–water partition coefficient (Wildman–Crippen LogP) is 4.52. The molecule has 0 aromatic heterocycles. The van der Waals surface area contributed by atoms with Gasteiger partial charge in [-0.25, -0.2) is 4.39 Å². The summed E-state index contributed by atoms with van der Waals surface area (Å²) >= 11 is 5.42. The Morgan fingerprint density at radius 2 is 2.05 bits per heavy atom. The molecule has 0 spiro atoms. The lowest BCUT2D eigenvalue weighted by molar-refractivity contribution is 0.515. The topological polar surface area (TPSA) is 26.0 Å². The molecular weight excluding hydrogens is 325 g/mol. The summed E-state index contributed by atoms with van der Waals surface area (Å²) in [5, 5.41) is 0.802. The van der Waals surface area contributed by atoms with Gasteiger partial charge in [0.15, 0.2) is 0 Å². The Balaban J connectivity index is 1.78. The highest BCUT2D eigenvalue weighted by molar-refractivity contribution is 9.10. The molecule has 1 nitrogen and oxygen atoms in total. The Labute approximate surface area is 127 Å². The first-order chi connectivity index (χ1) is 9.15. The van der Waals surface area contributed by atoms with E-state index in [1.165, 1.54) is 44.2 Å². The molecule has 2 N–H and O–H groups in total. The molecule has 1 aromatic carbocycles. The number of halogens is 2. The first-order valence-electron chi connectivity index (χ1n) is 6.96. The van der Waals surface area contributed by atoms with E-state index in [9.17, 15) is 4.39 Å². The lowest BCUT2D eigenvalue weighted by Gasteiger charge is -2.22. The number of benzene rings is 1. The van der Waals surface area contributed by atoms with Crippen LogP contribution in [0.15, 0.2) is 22.7 Å². The van der Waals surface area contributed by atoms with Crippen LogP contribution in [0.1, 0.15) is 37.7 Å². The van der Waals surface area contributed by atoms with Gasteiger partial charge in [0.25, 0.3) is 0 Å². The molecule has 0 bridgehead atoms. The lowest BCUT2D eigenvalue weighted by atomic mass is 10.0. The van der Waals surface area contributed by atoms with Crippen LogP contribution >= 0.6 is 27.7 Å². The summed E-state index contributed by atoms with van der Waals surface area (Å²) in [6.45, 7) is 0. The molecular formula is C15H21BrFNS. The molecule has 1 aliphatic rings. The van der Waals surface area contributed by atoms with E-state index >= 15 is 0 Å². The third-order valence-electron chi connectivity index (χ3n) is 3.60. The van der Waals surface area contributed by atoms with E-state index in [2.05, 4.69) is 15.9 Å². The summed E-state index contributed by atoms with van der Waals surface area (Å²) in [6, 6.07) is 4.98. The maximum absolute atomic E-state index is 13.0. The van der Waals surface area contributed by atoms with Crippen LogP contribution in [-0.2, 0) is 6.42 Å². The standard InChI is InChI=1S/C15H21BrFNS/c16-15-9-12(17)7-6-11(15)8-13(18)10-19-14-4-2-1-3-5-14/h6-7,9,13-14H,1-5,8,10,18H2. The molecule has 106 valence electrons. The fourth-order valence-electron chi connectivity index (χ4n) is 2.52. The van der Waals surface area contributed by atoms with Crippen molar-refractivity contribution in [1.82, 2.24) is 0 Å². The zero-order valence-electron chi connectivity index (χ0n) is 11.1. The molecule has 0 amide bonds. The van der Waals surface area contributed by atoms with Crippen molar-refractivity contribution in [2.75, 3.05) is 5.75 Å². The molecule has 1 aromatic rings. The number of hydrogen-bond acceptors (Lipinski definition) is 2. The zero-order valence-corrected chi connectivity index (χ0v) is 13.5. The Bertz CT molecular complexity index is 407. The van der Waals surface area contributed by atoms with Crippen molar-refractivity contribution in [3.63, 3.8) is 0 Å². The summed E-state index contributed by atoms with van der Waals surface area (Å²) in [5.41, 5.74) is 7.29. The summed E-state index contributed by atoms with van der Waals surface area (Å²) in [7, 11) is 0. The average Bonchev–Trinajstić information content (AvgIpc) is 2.41. The van der Waals surface area contributed by atoms with Gasteiger partial charge in [-0.15, -0.1) is 0 Å². The van der Waals surface area contributed by atoms with Crippen molar-refractivity contribution >= 4 is 27.7 Å². The molecule has 1 aliphatic carbocycles. The van der Waals surface area contributed by atoms with Crippen LogP contribution in [0.3, 0.4) is 0 Å². The van der Waals surface area contributed by atoms with E-state index in [4.69, 9.17) is 5.73 Å². The van der Waals surface area contributed by atoms with Gasteiger partial charge in [0.05, 0.1) is 0 Å². The molecule has 1 fully saturated rings. The molecule has 2 rings (SSSR count). The predicted molar refractivity (Wildman–Crippen MR) is 85.1 cm³/mol. The molecule has 0 heterocycles. The normalized spacial score (nSPS) is 18.5. The van der Waals surface area contributed by atoms with Crippen molar-refractivity contribution < 1.29 is 4.39 Å². The van der Waals surface area contributed by atoms with E-state index in [1.54, 1.807) is 0 Å². The van der Waals surface area contributed by atoms with Crippen molar-refractivity contribution in [2.45, 2.75) is 49.8 Å². The first-order valence-corrected chi connectivity index (χ1v) is 8.80. The van der Waals surface area contributed by atoms with Crippen LogP contribution in [0.5, 0.6) is 0 Å². The van der Waals surface area contributed by atoms with E-state index in [-0.39, 0.29) is 11.9 Å². The van der Waals surface area contributed by atoms with Crippen LogP contribution < -0.4 is 5.73 Å². The van der Waals surface area contributed by atoms with Gasteiger partial charge < -0.3 is 5.73 Å². The third kappa shape index (κ3) is 5.09. The summed E-state index contributed by atoms with van der Waals surface area (Å²) in [6.07, 6.45) is 7.63. The smallest absolute Gasteiger partial charge is 0.124 e. The van der Waals surface area contributed by atoms with Crippen LogP contribution in [0, 0.1) is 5.82 Å².